The lowest BCUT2D eigenvalue weighted by Gasteiger charge is -2.20. The molecule has 3 N–H and O–H groups in total. The smallest absolute Gasteiger partial charge is 0.341 e. The molecule has 4 rings (SSSR count). The van der Waals surface area contributed by atoms with E-state index in [1.807, 2.05) is 4.90 Å². The Morgan fingerprint density at radius 1 is 1.41 bits per heavy atom. The van der Waals surface area contributed by atoms with Crippen LogP contribution in [0.25, 0.3) is 16.9 Å². The van der Waals surface area contributed by atoms with E-state index in [1.54, 1.807) is 7.05 Å². The molecule has 0 radical (unpaired) electrons. The zero-order valence-electron chi connectivity index (χ0n) is 14.5. The number of halogens is 1. The van der Waals surface area contributed by atoms with Crippen LogP contribution in [0.1, 0.15) is 16.8 Å². The second-order valence-corrected chi connectivity index (χ2v) is 6.55. The van der Waals surface area contributed by atoms with Crippen molar-refractivity contribution in [2.45, 2.75) is 12.5 Å². The van der Waals surface area contributed by atoms with Crippen molar-refractivity contribution >= 4 is 22.6 Å². The number of carbonyl (C=O) groups is 1. The average molecular weight is 372 g/mol. The van der Waals surface area contributed by atoms with E-state index in [9.17, 15) is 19.1 Å². The number of nitrogens with two attached hydrogens (primary N) is 1. The molecule has 0 aliphatic carbocycles. The Morgan fingerprint density at radius 2 is 2.19 bits per heavy atom. The molecule has 27 heavy (non-hydrogen) atoms. The number of anilines is 1. The normalized spacial score (nSPS) is 17.0. The number of hydrogen-bond acceptors (Lipinski definition) is 6. The molecule has 0 spiro atoms. The van der Waals surface area contributed by atoms with E-state index < -0.39 is 22.8 Å². The van der Waals surface area contributed by atoms with Crippen LogP contribution < -0.4 is 16.1 Å². The lowest BCUT2D eigenvalue weighted by molar-refractivity contribution is 0.0695. The summed E-state index contributed by atoms with van der Waals surface area (Å²) in [4.78, 5) is 30.0. The largest absolute Gasteiger partial charge is 0.477 e. The SMILES string of the molecule is Cn1ncnc1-n1cc(C(=O)O)c(=O)c2cc(F)c(N3CCC(N)C3)cc21. The van der Waals surface area contributed by atoms with Gasteiger partial charge in [0.05, 0.1) is 16.6 Å². The van der Waals surface area contributed by atoms with E-state index >= 15 is 0 Å². The van der Waals surface area contributed by atoms with Crippen molar-refractivity contribution in [3.05, 3.63) is 46.3 Å². The third-order valence-electron chi connectivity index (χ3n) is 4.77. The van der Waals surface area contributed by atoms with Crippen LogP contribution in [0.4, 0.5) is 10.1 Å². The topological polar surface area (TPSA) is 119 Å². The molecule has 0 bridgehead atoms. The monoisotopic (exact) mass is 372 g/mol. The van der Waals surface area contributed by atoms with Crippen LogP contribution in [0, 0.1) is 5.82 Å². The summed E-state index contributed by atoms with van der Waals surface area (Å²) in [5, 5.41) is 13.3. The summed E-state index contributed by atoms with van der Waals surface area (Å²) in [6.45, 7) is 1.11. The Hall–Kier alpha value is -3.27. The summed E-state index contributed by atoms with van der Waals surface area (Å²) < 4.78 is 17.6. The minimum atomic E-state index is -1.40. The van der Waals surface area contributed by atoms with Gasteiger partial charge in [-0.2, -0.15) is 10.1 Å². The van der Waals surface area contributed by atoms with Crippen molar-refractivity contribution in [2.75, 3.05) is 18.0 Å². The summed E-state index contributed by atoms with van der Waals surface area (Å²) >= 11 is 0. The van der Waals surface area contributed by atoms with Gasteiger partial charge in [0.25, 0.3) is 0 Å². The third-order valence-corrected chi connectivity index (χ3v) is 4.77. The van der Waals surface area contributed by atoms with E-state index in [4.69, 9.17) is 5.73 Å². The highest BCUT2D eigenvalue weighted by atomic mass is 19.1. The molecule has 9 nitrogen and oxygen atoms in total. The fourth-order valence-electron chi connectivity index (χ4n) is 3.41. The summed E-state index contributed by atoms with van der Waals surface area (Å²) in [5.41, 5.74) is 5.36. The number of fused-ring (bicyclic) bond motifs is 1. The van der Waals surface area contributed by atoms with Crippen molar-refractivity contribution < 1.29 is 14.3 Å². The minimum Gasteiger partial charge on any atom is -0.477 e. The molecule has 3 heterocycles. The number of benzene rings is 1. The highest BCUT2D eigenvalue weighted by Crippen LogP contribution is 2.28. The predicted octanol–water partition coefficient (Wildman–Crippen LogP) is 0.494. The lowest BCUT2D eigenvalue weighted by Crippen LogP contribution is -2.27. The quantitative estimate of drug-likeness (QED) is 0.687. The number of nitrogens with zero attached hydrogens (tertiary/aromatic N) is 5. The molecule has 0 saturated carbocycles. The van der Waals surface area contributed by atoms with Gasteiger partial charge in [-0.15, -0.1) is 0 Å². The first-order valence-electron chi connectivity index (χ1n) is 8.34. The van der Waals surface area contributed by atoms with Crippen molar-refractivity contribution in [2.24, 2.45) is 12.8 Å². The summed E-state index contributed by atoms with van der Waals surface area (Å²) in [5.74, 6) is -1.69. The van der Waals surface area contributed by atoms with Gasteiger partial charge in [-0.25, -0.2) is 13.9 Å². The molecular formula is C17H17FN6O3. The Morgan fingerprint density at radius 3 is 2.78 bits per heavy atom. The number of rotatable bonds is 3. The first-order chi connectivity index (χ1) is 12.9. The highest BCUT2D eigenvalue weighted by Gasteiger charge is 2.25. The van der Waals surface area contributed by atoms with Crippen LogP contribution in [0.15, 0.2) is 29.5 Å². The maximum absolute atomic E-state index is 14.8. The molecule has 0 amide bonds. The van der Waals surface area contributed by atoms with Gasteiger partial charge in [0.1, 0.15) is 17.7 Å². The summed E-state index contributed by atoms with van der Waals surface area (Å²) in [6.07, 6.45) is 3.24. The van der Waals surface area contributed by atoms with Crippen molar-refractivity contribution in [1.82, 2.24) is 19.3 Å². The summed E-state index contributed by atoms with van der Waals surface area (Å²) in [6, 6.07) is 2.57. The van der Waals surface area contributed by atoms with Crippen LogP contribution in [0.2, 0.25) is 0 Å². The molecule has 1 unspecified atom stereocenters. The van der Waals surface area contributed by atoms with Crippen molar-refractivity contribution in [3.8, 4) is 5.95 Å². The number of carboxylic acid groups (broad SMARTS) is 1. The fourth-order valence-corrected chi connectivity index (χ4v) is 3.41. The molecule has 1 saturated heterocycles. The minimum absolute atomic E-state index is 0.0392. The van der Waals surface area contributed by atoms with E-state index in [0.717, 1.165) is 12.5 Å². The Balaban J connectivity index is 2.04. The van der Waals surface area contributed by atoms with Crippen LogP contribution in [-0.4, -0.2) is 49.5 Å². The molecule has 10 heteroatoms. The van der Waals surface area contributed by atoms with E-state index in [0.29, 0.717) is 30.2 Å². The van der Waals surface area contributed by atoms with Gasteiger partial charge in [-0.3, -0.25) is 9.36 Å². The molecule has 3 aromatic rings. The molecule has 1 fully saturated rings. The Bertz CT molecular complexity index is 1120. The van der Waals surface area contributed by atoms with Crippen LogP contribution in [-0.2, 0) is 7.05 Å². The van der Waals surface area contributed by atoms with E-state index in [2.05, 4.69) is 10.1 Å². The third kappa shape index (κ3) is 2.74. The second kappa shape index (κ2) is 6.16. The number of carboxylic acids is 1. The second-order valence-electron chi connectivity index (χ2n) is 6.55. The van der Waals surface area contributed by atoms with Gasteiger partial charge in [-0.05, 0) is 18.6 Å². The van der Waals surface area contributed by atoms with Gasteiger partial charge < -0.3 is 15.7 Å². The molecule has 1 aliphatic rings. The average Bonchev–Trinajstić information content (AvgIpc) is 3.23. The molecule has 1 atom stereocenters. The zero-order valence-corrected chi connectivity index (χ0v) is 14.5. The van der Waals surface area contributed by atoms with Crippen LogP contribution in [0.3, 0.4) is 0 Å². The molecular weight excluding hydrogens is 355 g/mol. The Kier molecular flexibility index (Phi) is 3.92. The predicted molar refractivity (Wildman–Crippen MR) is 95.8 cm³/mol. The molecule has 1 aliphatic heterocycles. The Labute approximate surface area is 152 Å². The van der Waals surface area contributed by atoms with Gasteiger partial charge in [0, 0.05) is 32.4 Å². The number of aromatic nitrogens is 4. The van der Waals surface area contributed by atoms with Gasteiger partial charge >= 0.3 is 5.97 Å². The van der Waals surface area contributed by atoms with Crippen molar-refractivity contribution in [1.29, 1.82) is 0 Å². The van der Waals surface area contributed by atoms with Gasteiger partial charge in [-0.1, -0.05) is 0 Å². The first kappa shape index (κ1) is 17.2. The fraction of sp³-hybridized carbons (Fsp3) is 0.294. The molecule has 1 aromatic carbocycles. The summed E-state index contributed by atoms with van der Waals surface area (Å²) in [7, 11) is 1.64. The van der Waals surface area contributed by atoms with E-state index in [1.165, 1.54) is 27.8 Å². The number of hydrogen-bond donors (Lipinski definition) is 2. The number of aromatic carboxylic acids is 1. The van der Waals surface area contributed by atoms with E-state index in [-0.39, 0.29) is 11.4 Å². The van der Waals surface area contributed by atoms with Crippen molar-refractivity contribution in [3.63, 3.8) is 0 Å². The van der Waals surface area contributed by atoms with Gasteiger partial charge in [0.2, 0.25) is 11.4 Å². The zero-order chi connectivity index (χ0) is 19.3. The number of aryl methyl sites for hydroxylation is 1. The van der Waals surface area contributed by atoms with Gasteiger partial charge in [0.15, 0.2) is 0 Å². The standard InChI is InChI=1S/C17H17FN6O3/c1-22-17(20-8-21-22)24-7-11(16(26)27)15(25)10-4-12(18)14(5-13(10)24)23-3-2-9(19)6-23/h4-5,7-9H,2-3,6,19H2,1H3,(H,26,27). The number of pyridine rings is 1. The molecule has 2 aromatic heterocycles. The molecule has 140 valence electrons. The highest BCUT2D eigenvalue weighted by molar-refractivity contribution is 5.94. The van der Waals surface area contributed by atoms with Crippen LogP contribution >= 0.6 is 0 Å². The first-order valence-corrected chi connectivity index (χ1v) is 8.34. The lowest BCUT2D eigenvalue weighted by atomic mass is 10.1. The maximum atomic E-state index is 14.8. The van der Waals surface area contributed by atoms with Crippen LogP contribution in [0.5, 0.6) is 0 Å². The maximum Gasteiger partial charge on any atom is 0.341 e.